The Hall–Kier alpha value is -2.36. The number of fused-ring (bicyclic) bond motifs is 4. The number of likely N-dealkylation sites (tertiary alicyclic amines) is 1. The number of nitrogens with zero attached hydrogens (tertiary/aromatic N) is 2. The molecular formula is C21H24N2O2. The van der Waals surface area contributed by atoms with E-state index in [9.17, 15) is 9.59 Å². The van der Waals surface area contributed by atoms with Gasteiger partial charge in [0.1, 0.15) is 0 Å². The maximum absolute atomic E-state index is 12.8. The van der Waals surface area contributed by atoms with E-state index in [-0.39, 0.29) is 17.4 Å². The predicted molar refractivity (Wildman–Crippen MR) is 98.7 cm³/mol. The quantitative estimate of drug-likeness (QED) is 0.803. The number of rotatable bonds is 1. The Morgan fingerprint density at radius 1 is 1.08 bits per heavy atom. The zero-order valence-corrected chi connectivity index (χ0v) is 15.1. The second-order valence-corrected chi connectivity index (χ2v) is 7.61. The van der Waals surface area contributed by atoms with Gasteiger partial charge in [0.25, 0.3) is 5.56 Å². The number of carbonyl (C=O) groups is 1. The minimum absolute atomic E-state index is 0.0844. The number of hydrogen-bond acceptors (Lipinski definition) is 2. The van der Waals surface area contributed by atoms with E-state index in [1.807, 2.05) is 9.47 Å². The van der Waals surface area contributed by atoms with Gasteiger partial charge in [-0.2, -0.15) is 0 Å². The Labute approximate surface area is 148 Å². The van der Waals surface area contributed by atoms with Crippen LogP contribution in [0.3, 0.4) is 0 Å². The molecule has 1 fully saturated rings. The van der Waals surface area contributed by atoms with Crippen molar-refractivity contribution in [3.8, 4) is 11.1 Å². The van der Waals surface area contributed by atoms with Crippen molar-refractivity contribution < 1.29 is 4.79 Å². The maximum atomic E-state index is 12.8. The number of carbonyl (C=O) groups excluding carboxylic acids is 1. The fourth-order valence-electron chi connectivity index (χ4n) is 4.63. The van der Waals surface area contributed by atoms with Gasteiger partial charge in [-0.15, -0.1) is 0 Å². The smallest absolute Gasteiger partial charge is 0.251 e. The van der Waals surface area contributed by atoms with Crippen LogP contribution in [0.5, 0.6) is 0 Å². The van der Waals surface area contributed by atoms with Crippen molar-refractivity contribution in [3.63, 3.8) is 0 Å². The van der Waals surface area contributed by atoms with Crippen molar-refractivity contribution in [1.29, 1.82) is 0 Å². The van der Waals surface area contributed by atoms with Gasteiger partial charge < -0.3 is 9.47 Å². The molecule has 3 heterocycles. The molecule has 1 aromatic heterocycles. The summed E-state index contributed by atoms with van der Waals surface area (Å²) in [6.45, 7) is 8.04. The fraction of sp³-hybridized carbons (Fsp3) is 0.429. The van der Waals surface area contributed by atoms with Gasteiger partial charge in [-0.05, 0) is 54.5 Å². The Morgan fingerprint density at radius 2 is 1.80 bits per heavy atom. The highest BCUT2D eigenvalue weighted by molar-refractivity contribution is 5.74. The second kappa shape index (κ2) is 5.87. The Balaban J connectivity index is 1.84. The van der Waals surface area contributed by atoms with Crippen molar-refractivity contribution in [2.45, 2.75) is 39.7 Å². The number of amides is 1. The van der Waals surface area contributed by atoms with Crippen LogP contribution >= 0.6 is 0 Å². The molecule has 0 radical (unpaired) electrons. The molecule has 2 aliphatic heterocycles. The Bertz CT molecular complexity index is 892. The van der Waals surface area contributed by atoms with Crippen LogP contribution in [0.2, 0.25) is 0 Å². The second-order valence-electron chi connectivity index (χ2n) is 7.61. The molecule has 0 N–H and O–H groups in total. The van der Waals surface area contributed by atoms with Crippen LogP contribution in [0.25, 0.3) is 11.1 Å². The molecule has 1 amide bonds. The van der Waals surface area contributed by atoms with E-state index in [1.165, 1.54) is 11.1 Å². The summed E-state index contributed by atoms with van der Waals surface area (Å²) in [5.41, 5.74) is 5.71. The summed E-state index contributed by atoms with van der Waals surface area (Å²) < 4.78 is 1.94. The summed E-state index contributed by atoms with van der Waals surface area (Å²) in [6, 6.07) is 10.2. The summed E-state index contributed by atoms with van der Waals surface area (Å²) in [5, 5.41) is 0. The summed E-state index contributed by atoms with van der Waals surface area (Å²) in [5.74, 6) is 0.781. The first kappa shape index (κ1) is 16.1. The minimum atomic E-state index is 0.0844. The molecule has 1 saturated heterocycles. The molecule has 0 saturated carbocycles. The summed E-state index contributed by atoms with van der Waals surface area (Å²) in [6.07, 6.45) is 1.07. The molecule has 4 nitrogen and oxygen atoms in total. The molecular weight excluding hydrogens is 312 g/mol. The van der Waals surface area contributed by atoms with Gasteiger partial charge in [0.05, 0.1) is 0 Å². The number of aryl methyl sites for hydroxylation is 2. The highest BCUT2D eigenvalue weighted by Gasteiger charge is 2.35. The topological polar surface area (TPSA) is 42.3 Å². The zero-order chi connectivity index (χ0) is 17.7. The van der Waals surface area contributed by atoms with Crippen LogP contribution < -0.4 is 5.56 Å². The lowest BCUT2D eigenvalue weighted by Gasteiger charge is -2.42. The van der Waals surface area contributed by atoms with Crippen molar-refractivity contribution >= 4 is 5.91 Å². The van der Waals surface area contributed by atoms with Crippen LogP contribution in [-0.2, 0) is 11.3 Å². The molecule has 2 aliphatic rings. The van der Waals surface area contributed by atoms with Crippen molar-refractivity contribution in [2.24, 2.45) is 5.92 Å². The molecule has 2 aromatic rings. The standard InChI is InChI=1S/C21H24N2O2/c1-13-5-4-6-14(2)21(13)17-8-19-18-7-16(10-22(12-18)15(3)24)11-23(19)20(25)9-17/h4-6,8-9,16,18H,7,10-12H2,1-3H3/t16-,18+/m0/s1. The van der Waals surface area contributed by atoms with E-state index in [2.05, 4.69) is 38.1 Å². The molecule has 0 spiro atoms. The minimum Gasteiger partial charge on any atom is -0.342 e. The lowest BCUT2D eigenvalue weighted by Crippen LogP contribution is -2.48. The lowest BCUT2D eigenvalue weighted by molar-refractivity contribution is -0.131. The van der Waals surface area contributed by atoms with E-state index in [1.54, 1.807) is 13.0 Å². The van der Waals surface area contributed by atoms with E-state index < -0.39 is 0 Å². The van der Waals surface area contributed by atoms with Crippen LogP contribution in [-0.4, -0.2) is 28.5 Å². The van der Waals surface area contributed by atoms with Crippen molar-refractivity contribution in [1.82, 2.24) is 9.47 Å². The molecule has 130 valence electrons. The molecule has 1 aromatic carbocycles. The molecule has 0 unspecified atom stereocenters. The van der Waals surface area contributed by atoms with Crippen molar-refractivity contribution in [3.05, 3.63) is 57.5 Å². The number of pyridine rings is 1. The van der Waals surface area contributed by atoms with Crippen LogP contribution in [0.15, 0.2) is 35.1 Å². The number of aromatic nitrogens is 1. The average Bonchev–Trinajstić information content (AvgIpc) is 2.55. The van der Waals surface area contributed by atoms with Gasteiger partial charge >= 0.3 is 0 Å². The SMILES string of the molecule is CC(=O)N1C[C@@H]2C[C@H](C1)c1cc(-c3c(C)cccc3C)cc(=O)n1C2. The normalized spacial score (nSPS) is 21.8. The third kappa shape index (κ3) is 2.70. The van der Waals surface area contributed by atoms with Gasteiger partial charge in [0, 0.05) is 44.2 Å². The summed E-state index contributed by atoms with van der Waals surface area (Å²) >= 11 is 0. The first-order valence-electron chi connectivity index (χ1n) is 9.01. The largest absolute Gasteiger partial charge is 0.342 e. The number of piperidine rings is 1. The molecule has 2 bridgehead atoms. The molecule has 2 atom stereocenters. The van der Waals surface area contributed by atoms with Crippen LogP contribution in [0.1, 0.15) is 36.1 Å². The third-order valence-corrected chi connectivity index (χ3v) is 5.77. The third-order valence-electron chi connectivity index (χ3n) is 5.77. The summed E-state index contributed by atoms with van der Waals surface area (Å²) in [7, 11) is 0. The van der Waals surface area contributed by atoms with E-state index in [0.717, 1.165) is 42.9 Å². The maximum Gasteiger partial charge on any atom is 0.251 e. The molecule has 4 rings (SSSR count). The number of benzene rings is 1. The van der Waals surface area contributed by atoms with E-state index >= 15 is 0 Å². The summed E-state index contributed by atoms with van der Waals surface area (Å²) in [4.78, 5) is 26.6. The number of hydrogen-bond donors (Lipinski definition) is 0. The highest BCUT2D eigenvalue weighted by Crippen LogP contribution is 2.37. The average molecular weight is 336 g/mol. The van der Waals surface area contributed by atoms with E-state index in [0.29, 0.717) is 5.92 Å². The van der Waals surface area contributed by atoms with Gasteiger partial charge in [-0.1, -0.05) is 18.2 Å². The van der Waals surface area contributed by atoms with Gasteiger partial charge in [0.15, 0.2) is 0 Å². The van der Waals surface area contributed by atoms with E-state index in [4.69, 9.17) is 0 Å². The molecule has 4 heteroatoms. The van der Waals surface area contributed by atoms with Gasteiger partial charge in [0.2, 0.25) is 5.91 Å². The Morgan fingerprint density at radius 3 is 2.48 bits per heavy atom. The van der Waals surface area contributed by atoms with Crippen LogP contribution in [0, 0.1) is 19.8 Å². The Kier molecular flexibility index (Phi) is 3.78. The molecule has 25 heavy (non-hydrogen) atoms. The lowest BCUT2D eigenvalue weighted by atomic mass is 9.82. The fourth-order valence-corrected chi connectivity index (χ4v) is 4.63. The van der Waals surface area contributed by atoms with Gasteiger partial charge in [-0.3, -0.25) is 9.59 Å². The van der Waals surface area contributed by atoms with Crippen LogP contribution in [0.4, 0.5) is 0 Å². The first-order valence-corrected chi connectivity index (χ1v) is 9.01. The van der Waals surface area contributed by atoms with Gasteiger partial charge in [-0.25, -0.2) is 0 Å². The zero-order valence-electron chi connectivity index (χ0n) is 15.1. The monoisotopic (exact) mass is 336 g/mol. The molecule has 0 aliphatic carbocycles. The highest BCUT2D eigenvalue weighted by atomic mass is 16.2. The van der Waals surface area contributed by atoms with Crippen molar-refractivity contribution in [2.75, 3.05) is 13.1 Å². The predicted octanol–water partition coefficient (Wildman–Crippen LogP) is 3.10. The first-order chi connectivity index (χ1) is 11.9.